The second-order valence-electron chi connectivity index (χ2n) is 2.18. The largest absolute Gasteiger partial charge is 0.383 e. The van der Waals surface area contributed by atoms with Gasteiger partial charge in [0, 0.05) is 13.6 Å². The third-order valence-corrected chi connectivity index (χ3v) is 2.41. The topological polar surface area (TPSA) is 74.7 Å². The molecule has 1 N–H and O–H groups in total. The molecule has 0 aliphatic rings. The molecule has 0 fully saturated rings. The molecule has 1 unspecified atom stereocenters. The standard InChI is InChI=1S/C5H10NO4S/c1-6(11(2,9)10)3-5(8)4-7/h5,8H,3H2,1-2H3. The summed E-state index contributed by atoms with van der Waals surface area (Å²) in [6.45, 7) is -0.248. The van der Waals surface area contributed by atoms with E-state index in [1.165, 1.54) is 13.3 Å². The van der Waals surface area contributed by atoms with Crippen LogP contribution >= 0.6 is 0 Å². The van der Waals surface area contributed by atoms with Gasteiger partial charge in [0.15, 0.2) is 0 Å². The zero-order valence-corrected chi connectivity index (χ0v) is 7.13. The Labute approximate surface area is 65.7 Å². The van der Waals surface area contributed by atoms with Crippen LogP contribution in [0, 0.1) is 0 Å². The van der Waals surface area contributed by atoms with E-state index in [4.69, 9.17) is 5.11 Å². The van der Waals surface area contributed by atoms with Crippen LogP contribution < -0.4 is 0 Å². The average Bonchev–Trinajstić information content (AvgIpc) is 1.85. The van der Waals surface area contributed by atoms with Crippen molar-refractivity contribution in [3.05, 3.63) is 0 Å². The molecule has 0 saturated heterocycles. The van der Waals surface area contributed by atoms with Gasteiger partial charge in [-0.25, -0.2) is 12.7 Å². The first kappa shape index (κ1) is 10.5. The smallest absolute Gasteiger partial charge is 0.230 e. The lowest BCUT2D eigenvalue weighted by atomic mass is 10.4. The Morgan fingerprint density at radius 3 is 2.36 bits per heavy atom. The third-order valence-electron chi connectivity index (χ3n) is 1.13. The molecule has 11 heavy (non-hydrogen) atoms. The van der Waals surface area contributed by atoms with Crippen LogP contribution in [-0.2, 0) is 14.8 Å². The highest BCUT2D eigenvalue weighted by Gasteiger charge is 2.14. The molecule has 0 heterocycles. The number of aliphatic hydroxyl groups is 1. The first-order valence-corrected chi connectivity index (χ1v) is 4.70. The van der Waals surface area contributed by atoms with Gasteiger partial charge < -0.3 is 5.11 Å². The predicted molar refractivity (Wildman–Crippen MR) is 39.2 cm³/mol. The van der Waals surface area contributed by atoms with Gasteiger partial charge in [-0.1, -0.05) is 0 Å². The monoisotopic (exact) mass is 180 g/mol. The van der Waals surface area contributed by atoms with Gasteiger partial charge in [0.1, 0.15) is 6.10 Å². The molecule has 0 aliphatic heterocycles. The van der Waals surface area contributed by atoms with E-state index in [-0.39, 0.29) is 6.54 Å². The molecule has 0 aromatic heterocycles. The molecular formula is C5H10NO4S. The van der Waals surface area contributed by atoms with Gasteiger partial charge >= 0.3 is 0 Å². The van der Waals surface area contributed by atoms with E-state index in [0.29, 0.717) is 0 Å². The van der Waals surface area contributed by atoms with E-state index < -0.39 is 16.1 Å². The Hall–Kier alpha value is -0.460. The number of rotatable bonds is 4. The van der Waals surface area contributed by atoms with E-state index in [2.05, 4.69) is 0 Å². The summed E-state index contributed by atoms with van der Waals surface area (Å²) >= 11 is 0. The molecule has 0 amide bonds. The number of hydrogen-bond donors (Lipinski definition) is 1. The highest BCUT2D eigenvalue weighted by atomic mass is 32.2. The van der Waals surface area contributed by atoms with Gasteiger partial charge in [-0.2, -0.15) is 0 Å². The van der Waals surface area contributed by atoms with Gasteiger partial charge in [-0.3, -0.25) is 4.79 Å². The van der Waals surface area contributed by atoms with Crippen molar-refractivity contribution in [1.29, 1.82) is 0 Å². The summed E-state index contributed by atoms with van der Waals surface area (Å²) in [7, 11) is -2.04. The fourth-order valence-electron chi connectivity index (χ4n) is 0.416. The number of hydrogen-bond acceptors (Lipinski definition) is 4. The predicted octanol–water partition coefficient (Wildman–Crippen LogP) is -1.65. The number of carbonyl (C=O) groups excluding carboxylic acids is 1. The van der Waals surface area contributed by atoms with Crippen LogP contribution in [0.3, 0.4) is 0 Å². The highest BCUT2D eigenvalue weighted by molar-refractivity contribution is 7.88. The minimum atomic E-state index is -3.31. The van der Waals surface area contributed by atoms with Crippen LogP contribution in [0.4, 0.5) is 0 Å². The third kappa shape index (κ3) is 4.07. The summed E-state index contributed by atoms with van der Waals surface area (Å²) < 4.78 is 22.2. The quantitative estimate of drug-likeness (QED) is 0.562. The minimum absolute atomic E-state index is 0.248. The molecule has 0 rings (SSSR count). The van der Waals surface area contributed by atoms with Crippen LogP contribution in [0.15, 0.2) is 0 Å². The molecule has 0 bridgehead atoms. The molecule has 0 aromatic rings. The summed E-state index contributed by atoms with van der Waals surface area (Å²) in [5.74, 6) is 0. The average molecular weight is 180 g/mol. The Kier molecular flexibility index (Phi) is 3.64. The van der Waals surface area contributed by atoms with E-state index in [1.807, 2.05) is 0 Å². The van der Waals surface area contributed by atoms with Crippen LogP contribution in [0.1, 0.15) is 0 Å². The van der Waals surface area contributed by atoms with Crippen molar-refractivity contribution in [2.45, 2.75) is 6.10 Å². The molecule has 0 spiro atoms. The van der Waals surface area contributed by atoms with Crippen LogP contribution in [0.2, 0.25) is 0 Å². The summed E-state index contributed by atoms with van der Waals surface area (Å²) in [4.78, 5) is 9.77. The molecule has 6 heteroatoms. The first-order valence-electron chi connectivity index (χ1n) is 2.85. The minimum Gasteiger partial charge on any atom is -0.383 e. The number of aliphatic hydroxyl groups excluding tert-OH is 1. The summed E-state index contributed by atoms with van der Waals surface area (Å²) in [6.07, 6.45) is 0.892. The van der Waals surface area contributed by atoms with Crippen LogP contribution in [0.25, 0.3) is 0 Å². The van der Waals surface area contributed by atoms with E-state index in [0.717, 1.165) is 10.6 Å². The lowest BCUT2D eigenvalue weighted by Crippen LogP contribution is -2.34. The van der Waals surface area contributed by atoms with E-state index in [1.54, 1.807) is 0 Å². The molecule has 0 aromatic carbocycles. The second-order valence-corrected chi connectivity index (χ2v) is 4.27. The molecular weight excluding hydrogens is 170 g/mol. The maximum atomic E-state index is 10.7. The Morgan fingerprint density at radius 2 is 2.09 bits per heavy atom. The lowest BCUT2D eigenvalue weighted by Gasteiger charge is -2.13. The summed E-state index contributed by atoms with van der Waals surface area (Å²) in [5.41, 5.74) is 0. The number of likely N-dealkylation sites (N-methyl/N-ethyl adjacent to an activating group) is 1. The van der Waals surface area contributed by atoms with Gasteiger partial charge in [-0.15, -0.1) is 0 Å². The van der Waals surface area contributed by atoms with Crippen molar-refractivity contribution in [2.24, 2.45) is 0 Å². The Morgan fingerprint density at radius 1 is 1.64 bits per heavy atom. The molecule has 0 aliphatic carbocycles. The summed E-state index contributed by atoms with van der Waals surface area (Å²) in [6, 6.07) is 0. The van der Waals surface area contributed by atoms with E-state index in [9.17, 15) is 13.2 Å². The maximum absolute atomic E-state index is 10.7. The van der Waals surface area contributed by atoms with Gasteiger partial charge in [0.05, 0.1) is 6.26 Å². The zero-order valence-electron chi connectivity index (χ0n) is 6.31. The van der Waals surface area contributed by atoms with Crippen molar-refractivity contribution in [3.63, 3.8) is 0 Å². The molecule has 0 saturated carbocycles. The number of nitrogens with zero attached hydrogens (tertiary/aromatic N) is 1. The van der Waals surface area contributed by atoms with Crippen molar-refractivity contribution < 1.29 is 18.3 Å². The highest BCUT2D eigenvalue weighted by Crippen LogP contribution is 1.93. The van der Waals surface area contributed by atoms with Crippen molar-refractivity contribution >= 4 is 16.3 Å². The van der Waals surface area contributed by atoms with E-state index >= 15 is 0 Å². The molecule has 5 nitrogen and oxygen atoms in total. The van der Waals surface area contributed by atoms with Gasteiger partial charge in [0.2, 0.25) is 16.3 Å². The molecule has 65 valence electrons. The van der Waals surface area contributed by atoms with Gasteiger partial charge in [0.25, 0.3) is 0 Å². The van der Waals surface area contributed by atoms with Gasteiger partial charge in [-0.05, 0) is 0 Å². The first-order chi connectivity index (χ1) is 4.88. The van der Waals surface area contributed by atoms with Crippen molar-refractivity contribution in [2.75, 3.05) is 19.8 Å². The maximum Gasteiger partial charge on any atom is 0.230 e. The Bertz CT molecular complexity index is 223. The lowest BCUT2D eigenvalue weighted by molar-refractivity contribution is 0.209. The van der Waals surface area contributed by atoms with Crippen LogP contribution in [-0.4, -0.2) is 50.1 Å². The zero-order chi connectivity index (χ0) is 9.07. The summed E-state index contributed by atoms with van der Waals surface area (Å²) in [5, 5.41) is 8.66. The second kappa shape index (κ2) is 3.80. The molecule has 1 radical (unpaired) electrons. The SMILES string of the molecule is CN(CC(O)[C]=O)S(C)(=O)=O. The number of sulfonamides is 1. The van der Waals surface area contributed by atoms with Crippen LogP contribution in [0.5, 0.6) is 0 Å². The Balaban J connectivity index is 4.09. The normalized spacial score (nSPS) is 14.9. The van der Waals surface area contributed by atoms with Crippen molar-refractivity contribution in [3.8, 4) is 0 Å². The fourth-order valence-corrected chi connectivity index (χ4v) is 0.828. The molecule has 1 atom stereocenters. The van der Waals surface area contributed by atoms with Crippen molar-refractivity contribution in [1.82, 2.24) is 4.31 Å². The fraction of sp³-hybridized carbons (Fsp3) is 0.800.